The molecule has 0 radical (unpaired) electrons. The zero-order chi connectivity index (χ0) is 15.6. The highest BCUT2D eigenvalue weighted by molar-refractivity contribution is 5.28. The van der Waals surface area contributed by atoms with Gasteiger partial charge in [-0.2, -0.15) is 10.4 Å². The van der Waals surface area contributed by atoms with E-state index in [1.807, 2.05) is 10.9 Å². The molecule has 1 unspecified atom stereocenters. The van der Waals surface area contributed by atoms with Crippen LogP contribution in [0.5, 0.6) is 5.88 Å². The quantitative estimate of drug-likeness (QED) is 0.862. The fourth-order valence-electron chi connectivity index (χ4n) is 3.06. The van der Waals surface area contributed by atoms with Gasteiger partial charge >= 0.3 is 0 Å². The zero-order valence-electron chi connectivity index (χ0n) is 12.9. The van der Waals surface area contributed by atoms with Crippen molar-refractivity contribution in [2.24, 2.45) is 5.92 Å². The van der Waals surface area contributed by atoms with Crippen LogP contribution in [0.25, 0.3) is 0 Å². The summed E-state index contributed by atoms with van der Waals surface area (Å²) >= 11 is 0. The van der Waals surface area contributed by atoms with Gasteiger partial charge in [0, 0.05) is 38.1 Å². The van der Waals surface area contributed by atoms with E-state index < -0.39 is 0 Å². The minimum atomic E-state index is 0.00957. The van der Waals surface area contributed by atoms with Gasteiger partial charge in [-0.1, -0.05) is 0 Å². The van der Waals surface area contributed by atoms with E-state index in [1.165, 1.54) is 18.5 Å². The van der Waals surface area contributed by atoms with Crippen LogP contribution in [0.2, 0.25) is 0 Å². The van der Waals surface area contributed by atoms with E-state index in [9.17, 15) is 0 Å². The molecular formula is C17H19N5O. The molecule has 6 heteroatoms. The molecule has 0 N–H and O–H groups in total. The molecule has 118 valence electrons. The number of hydrogen-bond donors (Lipinski definition) is 0. The average molecular weight is 309 g/mol. The molecule has 2 aromatic rings. The van der Waals surface area contributed by atoms with Gasteiger partial charge < -0.3 is 4.74 Å². The number of nitriles is 1. The SMILES string of the molecule is N#Cc1ccc(OC2CN(CC3CC3)Cc3ccnn3C2)nc1. The van der Waals surface area contributed by atoms with E-state index in [1.54, 1.807) is 18.3 Å². The third-order valence-corrected chi connectivity index (χ3v) is 4.39. The Morgan fingerprint density at radius 3 is 2.91 bits per heavy atom. The molecule has 0 spiro atoms. The Hall–Kier alpha value is -2.39. The maximum atomic E-state index is 8.85. The summed E-state index contributed by atoms with van der Waals surface area (Å²) in [6.45, 7) is 3.66. The van der Waals surface area contributed by atoms with Crippen LogP contribution in [0.3, 0.4) is 0 Å². The summed E-state index contributed by atoms with van der Waals surface area (Å²) in [6, 6.07) is 7.66. The second kappa shape index (κ2) is 6.01. The Kier molecular flexibility index (Phi) is 3.72. The molecule has 1 saturated carbocycles. The lowest BCUT2D eigenvalue weighted by molar-refractivity contribution is 0.118. The van der Waals surface area contributed by atoms with Crippen molar-refractivity contribution in [2.45, 2.75) is 32.0 Å². The van der Waals surface area contributed by atoms with Gasteiger partial charge in [-0.3, -0.25) is 9.58 Å². The highest BCUT2D eigenvalue weighted by Crippen LogP contribution is 2.31. The summed E-state index contributed by atoms with van der Waals surface area (Å²) in [5.74, 6) is 1.41. The Morgan fingerprint density at radius 1 is 1.26 bits per heavy atom. The molecule has 2 aliphatic rings. The van der Waals surface area contributed by atoms with Crippen molar-refractivity contribution < 1.29 is 4.74 Å². The molecule has 1 atom stereocenters. The number of ether oxygens (including phenoxy) is 1. The molecule has 1 aliphatic heterocycles. The predicted octanol–water partition coefficient (Wildman–Crippen LogP) is 1.82. The summed E-state index contributed by atoms with van der Waals surface area (Å²) < 4.78 is 8.10. The number of hydrogen-bond acceptors (Lipinski definition) is 5. The van der Waals surface area contributed by atoms with Crippen molar-refractivity contribution in [3.05, 3.63) is 41.9 Å². The molecule has 4 rings (SSSR count). The van der Waals surface area contributed by atoms with Gasteiger partial charge in [0.15, 0.2) is 0 Å². The Morgan fingerprint density at radius 2 is 2.17 bits per heavy atom. The van der Waals surface area contributed by atoms with Crippen LogP contribution in [0.15, 0.2) is 30.6 Å². The fourth-order valence-corrected chi connectivity index (χ4v) is 3.06. The van der Waals surface area contributed by atoms with Crippen molar-refractivity contribution in [3.8, 4) is 11.9 Å². The maximum Gasteiger partial charge on any atom is 0.213 e. The summed E-state index contributed by atoms with van der Waals surface area (Å²) in [5.41, 5.74) is 1.78. The minimum Gasteiger partial charge on any atom is -0.471 e. The van der Waals surface area contributed by atoms with Crippen LogP contribution in [0.4, 0.5) is 0 Å². The normalized spacial score (nSPS) is 21.3. The van der Waals surface area contributed by atoms with Crippen molar-refractivity contribution >= 4 is 0 Å². The Balaban J connectivity index is 1.50. The first-order chi connectivity index (χ1) is 11.3. The molecule has 1 aliphatic carbocycles. The van der Waals surface area contributed by atoms with Gasteiger partial charge in [0.1, 0.15) is 12.2 Å². The van der Waals surface area contributed by atoms with Crippen molar-refractivity contribution in [1.29, 1.82) is 5.26 Å². The van der Waals surface area contributed by atoms with Gasteiger partial charge in [-0.25, -0.2) is 4.98 Å². The second-order valence-corrected chi connectivity index (χ2v) is 6.38. The molecule has 0 aromatic carbocycles. The van der Waals surface area contributed by atoms with E-state index in [0.717, 1.165) is 32.1 Å². The first-order valence-electron chi connectivity index (χ1n) is 8.06. The zero-order valence-corrected chi connectivity index (χ0v) is 12.9. The standard InChI is InChI=1S/C17H19N5O/c18-7-14-3-4-17(19-8-14)23-16-11-21(9-13-1-2-13)10-15-5-6-20-22(15)12-16/h3-6,8,13,16H,1-2,9-12H2. The van der Waals surface area contributed by atoms with Crippen LogP contribution in [0, 0.1) is 17.2 Å². The average Bonchev–Trinajstić information content (AvgIpc) is 3.30. The first kappa shape index (κ1) is 14.2. The van der Waals surface area contributed by atoms with Crippen LogP contribution >= 0.6 is 0 Å². The van der Waals surface area contributed by atoms with E-state index in [0.29, 0.717) is 11.4 Å². The first-order valence-corrected chi connectivity index (χ1v) is 8.06. The molecular weight excluding hydrogens is 290 g/mol. The number of nitrogens with zero attached hydrogens (tertiary/aromatic N) is 5. The molecule has 1 fully saturated rings. The third-order valence-electron chi connectivity index (χ3n) is 4.39. The summed E-state index contributed by atoms with van der Waals surface area (Å²) in [6.07, 6.45) is 6.10. The highest BCUT2D eigenvalue weighted by atomic mass is 16.5. The van der Waals surface area contributed by atoms with Gasteiger partial charge in [0.2, 0.25) is 5.88 Å². The van der Waals surface area contributed by atoms with E-state index in [4.69, 9.17) is 10.00 Å². The molecule has 3 heterocycles. The number of aromatic nitrogens is 3. The second-order valence-electron chi connectivity index (χ2n) is 6.38. The summed E-state index contributed by atoms with van der Waals surface area (Å²) in [4.78, 5) is 6.69. The smallest absolute Gasteiger partial charge is 0.213 e. The lowest BCUT2D eigenvalue weighted by Crippen LogP contribution is -2.36. The van der Waals surface area contributed by atoms with Crippen molar-refractivity contribution in [3.63, 3.8) is 0 Å². The van der Waals surface area contributed by atoms with Crippen LogP contribution < -0.4 is 4.74 Å². The van der Waals surface area contributed by atoms with Crippen LogP contribution in [-0.2, 0) is 13.1 Å². The minimum absolute atomic E-state index is 0.00957. The largest absolute Gasteiger partial charge is 0.471 e. The molecule has 2 aromatic heterocycles. The van der Waals surface area contributed by atoms with Crippen LogP contribution in [0.1, 0.15) is 24.1 Å². The summed E-state index contributed by atoms with van der Waals surface area (Å²) in [7, 11) is 0. The lowest BCUT2D eigenvalue weighted by Gasteiger charge is -2.24. The van der Waals surface area contributed by atoms with Gasteiger partial charge in [0.25, 0.3) is 0 Å². The van der Waals surface area contributed by atoms with Gasteiger partial charge in [0.05, 0.1) is 17.8 Å². The van der Waals surface area contributed by atoms with Crippen molar-refractivity contribution in [1.82, 2.24) is 19.7 Å². The molecule has 0 bridgehead atoms. The highest BCUT2D eigenvalue weighted by Gasteiger charge is 2.29. The Labute approximate surface area is 135 Å². The molecule has 6 nitrogen and oxygen atoms in total. The van der Waals surface area contributed by atoms with Gasteiger partial charge in [-0.05, 0) is 30.9 Å². The monoisotopic (exact) mass is 309 g/mol. The molecule has 23 heavy (non-hydrogen) atoms. The van der Waals surface area contributed by atoms with Crippen LogP contribution in [-0.4, -0.2) is 38.9 Å². The maximum absolute atomic E-state index is 8.85. The van der Waals surface area contributed by atoms with E-state index in [-0.39, 0.29) is 6.10 Å². The lowest BCUT2D eigenvalue weighted by atomic mass is 10.3. The predicted molar refractivity (Wildman–Crippen MR) is 83.6 cm³/mol. The summed E-state index contributed by atoms with van der Waals surface area (Å²) in [5, 5.41) is 13.3. The number of pyridine rings is 1. The van der Waals surface area contributed by atoms with E-state index in [2.05, 4.69) is 27.1 Å². The van der Waals surface area contributed by atoms with Gasteiger partial charge in [-0.15, -0.1) is 0 Å². The Bertz CT molecular complexity index is 713. The fraction of sp³-hybridized carbons (Fsp3) is 0.471. The number of rotatable bonds is 4. The van der Waals surface area contributed by atoms with E-state index >= 15 is 0 Å². The molecule has 0 saturated heterocycles. The molecule has 0 amide bonds. The topological polar surface area (TPSA) is 67.0 Å². The van der Waals surface area contributed by atoms with Crippen molar-refractivity contribution in [2.75, 3.05) is 13.1 Å². The number of fused-ring (bicyclic) bond motifs is 1. The third kappa shape index (κ3) is 3.35.